The Balaban J connectivity index is 2.16. The van der Waals surface area contributed by atoms with Gasteiger partial charge in [0.25, 0.3) is 0 Å². The van der Waals surface area contributed by atoms with Crippen molar-refractivity contribution in [2.75, 3.05) is 7.05 Å². The summed E-state index contributed by atoms with van der Waals surface area (Å²) < 4.78 is 0. The largest absolute Gasteiger partial charge is 0.315 e. The van der Waals surface area contributed by atoms with Crippen molar-refractivity contribution >= 4 is 11.3 Å². The van der Waals surface area contributed by atoms with Gasteiger partial charge in [-0.3, -0.25) is 0 Å². The molecular weight excluding hydrogens is 228 g/mol. The summed E-state index contributed by atoms with van der Waals surface area (Å²) in [6.07, 6.45) is 6.62. The Morgan fingerprint density at radius 2 is 2.06 bits per heavy atom. The number of nitrogens with zero attached hydrogens (tertiary/aromatic N) is 1. The summed E-state index contributed by atoms with van der Waals surface area (Å²) in [5, 5.41) is 4.68. The van der Waals surface area contributed by atoms with Crippen LogP contribution in [-0.4, -0.2) is 12.0 Å². The standard InChI is InChI=1S/C14H24N2S/c1-10(2)8-12-13(9-15-3)17-14(16-12)11-6-4-5-7-11/h10-11,15H,4-9H2,1-3H3. The molecule has 0 aliphatic heterocycles. The predicted octanol–water partition coefficient (Wildman–Crippen LogP) is 3.72. The van der Waals surface area contributed by atoms with E-state index in [-0.39, 0.29) is 0 Å². The molecular formula is C14H24N2S. The van der Waals surface area contributed by atoms with Crippen LogP contribution in [-0.2, 0) is 13.0 Å². The van der Waals surface area contributed by atoms with E-state index >= 15 is 0 Å². The van der Waals surface area contributed by atoms with Crippen molar-refractivity contribution in [3.8, 4) is 0 Å². The quantitative estimate of drug-likeness (QED) is 0.864. The molecule has 96 valence electrons. The van der Waals surface area contributed by atoms with Crippen LogP contribution in [0.1, 0.15) is 61.0 Å². The first kappa shape index (κ1) is 13.0. The SMILES string of the molecule is CNCc1sc(C2CCCC2)nc1CC(C)C. The maximum atomic E-state index is 4.93. The fourth-order valence-corrected chi connectivity index (χ4v) is 3.87. The summed E-state index contributed by atoms with van der Waals surface area (Å²) >= 11 is 1.95. The zero-order chi connectivity index (χ0) is 12.3. The number of hydrogen-bond acceptors (Lipinski definition) is 3. The molecule has 1 aliphatic rings. The highest BCUT2D eigenvalue weighted by Gasteiger charge is 2.22. The van der Waals surface area contributed by atoms with E-state index in [1.54, 1.807) is 0 Å². The first-order chi connectivity index (χ1) is 8.20. The first-order valence-corrected chi connectivity index (χ1v) is 7.65. The van der Waals surface area contributed by atoms with E-state index in [1.807, 2.05) is 18.4 Å². The van der Waals surface area contributed by atoms with Crippen molar-refractivity contribution in [3.63, 3.8) is 0 Å². The van der Waals surface area contributed by atoms with Crippen LogP contribution in [0.5, 0.6) is 0 Å². The normalized spacial score (nSPS) is 17.2. The summed E-state index contributed by atoms with van der Waals surface area (Å²) in [7, 11) is 2.02. The lowest BCUT2D eigenvalue weighted by Crippen LogP contribution is -2.07. The van der Waals surface area contributed by atoms with Crippen LogP contribution in [0.4, 0.5) is 0 Å². The summed E-state index contributed by atoms with van der Waals surface area (Å²) in [4.78, 5) is 6.39. The minimum absolute atomic E-state index is 0.698. The second kappa shape index (κ2) is 5.96. The van der Waals surface area contributed by atoms with Crippen molar-refractivity contribution < 1.29 is 0 Å². The molecule has 1 aliphatic carbocycles. The molecule has 0 aromatic carbocycles. The molecule has 1 heterocycles. The van der Waals surface area contributed by atoms with Crippen molar-refractivity contribution in [1.29, 1.82) is 0 Å². The van der Waals surface area contributed by atoms with E-state index in [0.29, 0.717) is 5.92 Å². The van der Waals surface area contributed by atoms with Crippen molar-refractivity contribution in [1.82, 2.24) is 10.3 Å². The minimum Gasteiger partial charge on any atom is -0.315 e. The zero-order valence-electron chi connectivity index (χ0n) is 11.3. The van der Waals surface area contributed by atoms with E-state index in [2.05, 4.69) is 19.2 Å². The molecule has 1 fully saturated rings. The number of thiazole rings is 1. The third-order valence-corrected chi connectivity index (χ3v) is 4.70. The topological polar surface area (TPSA) is 24.9 Å². The third-order valence-electron chi connectivity index (χ3n) is 3.44. The van der Waals surface area contributed by atoms with Gasteiger partial charge in [-0.05, 0) is 32.2 Å². The average molecular weight is 252 g/mol. The van der Waals surface area contributed by atoms with Gasteiger partial charge in [0.2, 0.25) is 0 Å². The van der Waals surface area contributed by atoms with Crippen LogP contribution in [0.15, 0.2) is 0 Å². The number of nitrogens with one attached hydrogen (secondary N) is 1. The Hall–Kier alpha value is -0.410. The van der Waals surface area contributed by atoms with E-state index in [0.717, 1.165) is 18.9 Å². The molecule has 1 aromatic heterocycles. The van der Waals surface area contributed by atoms with Gasteiger partial charge in [-0.15, -0.1) is 11.3 Å². The highest BCUT2D eigenvalue weighted by Crippen LogP contribution is 2.37. The van der Waals surface area contributed by atoms with Crippen LogP contribution < -0.4 is 5.32 Å². The van der Waals surface area contributed by atoms with Gasteiger partial charge in [0, 0.05) is 17.3 Å². The van der Waals surface area contributed by atoms with Crippen molar-refractivity contribution in [2.45, 2.75) is 58.4 Å². The van der Waals surface area contributed by atoms with Gasteiger partial charge in [-0.2, -0.15) is 0 Å². The minimum atomic E-state index is 0.698. The Kier molecular flexibility index (Phi) is 4.57. The molecule has 0 amide bonds. The average Bonchev–Trinajstić information content (AvgIpc) is 2.87. The van der Waals surface area contributed by atoms with E-state index in [4.69, 9.17) is 4.98 Å². The van der Waals surface area contributed by atoms with Gasteiger partial charge in [-0.25, -0.2) is 4.98 Å². The van der Waals surface area contributed by atoms with Gasteiger partial charge in [0.1, 0.15) is 0 Å². The zero-order valence-corrected chi connectivity index (χ0v) is 12.1. The second-order valence-electron chi connectivity index (χ2n) is 5.53. The highest BCUT2D eigenvalue weighted by atomic mass is 32.1. The maximum absolute atomic E-state index is 4.93. The molecule has 1 aromatic rings. The van der Waals surface area contributed by atoms with Gasteiger partial charge >= 0.3 is 0 Å². The van der Waals surface area contributed by atoms with Crippen LogP contribution in [0.3, 0.4) is 0 Å². The number of aromatic nitrogens is 1. The molecule has 1 saturated carbocycles. The number of hydrogen-bond donors (Lipinski definition) is 1. The molecule has 2 nitrogen and oxygen atoms in total. The Morgan fingerprint density at radius 1 is 1.35 bits per heavy atom. The van der Waals surface area contributed by atoms with Crippen LogP contribution >= 0.6 is 11.3 Å². The lowest BCUT2D eigenvalue weighted by atomic mass is 10.1. The van der Waals surface area contributed by atoms with E-state index < -0.39 is 0 Å². The molecule has 0 atom stereocenters. The Morgan fingerprint density at radius 3 is 2.65 bits per heavy atom. The smallest absolute Gasteiger partial charge is 0.0962 e. The van der Waals surface area contributed by atoms with Crippen LogP contribution in [0.25, 0.3) is 0 Å². The van der Waals surface area contributed by atoms with E-state index in [9.17, 15) is 0 Å². The summed E-state index contributed by atoms with van der Waals surface area (Å²) in [6, 6.07) is 0. The molecule has 0 unspecified atom stereocenters. The van der Waals surface area contributed by atoms with Crippen LogP contribution in [0, 0.1) is 5.92 Å². The molecule has 0 bridgehead atoms. The fraction of sp³-hybridized carbons (Fsp3) is 0.786. The van der Waals surface area contributed by atoms with Gasteiger partial charge in [0.05, 0.1) is 10.7 Å². The molecule has 17 heavy (non-hydrogen) atoms. The monoisotopic (exact) mass is 252 g/mol. The number of rotatable bonds is 5. The molecule has 0 radical (unpaired) electrons. The molecule has 0 saturated heterocycles. The van der Waals surface area contributed by atoms with Crippen LogP contribution in [0.2, 0.25) is 0 Å². The maximum Gasteiger partial charge on any atom is 0.0962 e. The van der Waals surface area contributed by atoms with E-state index in [1.165, 1.54) is 41.3 Å². The summed E-state index contributed by atoms with van der Waals surface area (Å²) in [5.74, 6) is 1.46. The lowest BCUT2D eigenvalue weighted by Gasteiger charge is -2.04. The summed E-state index contributed by atoms with van der Waals surface area (Å²) in [6.45, 7) is 5.53. The third kappa shape index (κ3) is 3.29. The highest BCUT2D eigenvalue weighted by molar-refractivity contribution is 7.11. The van der Waals surface area contributed by atoms with Gasteiger partial charge in [0.15, 0.2) is 0 Å². The molecule has 1 N–H and O–H groups in total. The Bertz CT molecular complexity index is 351. The van der Waals surface area contributed by atoms with Crippen molar-refractivity contribution in [3.05, 3.63) is 15.6 Å². The molecule has 2 rings (SSSR count). The lowest BCUT2D eigenvalue weighted by molar-refractivity contribution is 0.624. The molecule has 3 heteroatoms. The first-order valence-electron chi connectivity index (χ1n) is 6.83. The fourth-order valence-electron chi connectivity index (χ4n) is 2.60. The van der Waals surface area contributed by atoms with Gasteiger partial charge in [-0.1, -0.05) is 26.7 Å². The van der Waals surface area contributed by atoms with Crippen molar-refractivity contribution in [2.24, 2.45) is 5.92 Å². The molecule has 0 spiro atoms. The predicted molar refractivity (Wildman–Crippen MR) is 74.6 cm³/mol. The summed E-state index contributed by atoms with van der Waals surface area (Å²) in [5.41, 5.74) is 1.35. The second-order valence-corrected chi connectivity index (χ2v) is 6.65. The van der Waals surface area contributed by atoms with Gasteiger partial charge < -0.3 is 5.32 Å². The Labute approximate surface area is 109 Å².